The Morgan fingerprint density at radius 3 is 2.71 bits per heavy atom. The molecule has 5 heteroatoms. The lowest BCUT2D eigenvalue weighted by Gasteiger charge is -2.25. The van der Waals surface area contributed by atoms with Crippen LogP contribution in [0.5, 0.6) is 0 Å². The molecule has 3 rings (SSSR count). The third-order valence-electron chi connectivity index (χ3n) is 4.17. The molecule has 21 heavy (non-hydrogen) atoms. The number of carboxylic acids is 1. The van der Waals surface area contributed by atoms with Gasteiger partial charge in [-0.05, 0) is 31.9 Å². The second-order valence-corrected chi connectivity index (χ2v) is 5.62. The molecule has 0 bridgehead atoms. The van der Waals surface area contributed by atoms with E-state index in [1.54, 1.807) is 18.2 Å². The van der Waals surface area contributed by atoms with Crippen LogP contribution in [0.2, 0.25) is 0 Å². The highest BCUT2D eigenvalue weighted by Gasteiger charge is 2.22. The molecule has 0 amide bonds. The average Bonchev–Trinajstić information content (AvgIpc) is 2.90. The Labute approximate surface area is 123 Å². The number of hydrogen-bond acceptors (Lipinski definition) is 3. The van der Waals surface area contributed by atoms with Gasteiger partial charge < -0.3 is 9.67 Å². The minimum atomic E-state index is -0.919. The molecule has 1 aliphatic carbocycles. The van der Waals surface area contributed by atoms with E-state index in [-0.39, 0.29) is 5.56 Å². The molecule has 0 radical (unpaired) electrons. The van der Waals surface area contributed by atoms with Crippen molar-refractivity contribution >= 4 is 5.97 Å². The molecule has 5 nitrogen and oxygen atoms in total. The van der Waals surface area contributed by atoms with Crippen LogP contribution in [0.1, 0.15) is 54.3 Å². The van der Waals surface area contributed by atoms with E-state index in [1.165, 1.54) is 19.3 Å². The number of carbonyl (C=O) groups is 1. The van der Waals surface area contributed by atoms with Gasteiger partial charge in [-0.25, -0.2) is 4.79 Å². The second kappa shape index (κ2) is 5.68. The van der Waals surface area contributed by atoms with Gasteiger partial charge in [-0.3, -0.25) is 0 Å². The molecule has 1 N–H and O–H groups in total. The van der Waals surface area contributed by atoms with Gasteiger partial charge in [-0.1, -0.05) is 31.4 Å². The highest BCUT2D eigenvalue weighted by Crippen LogP contribution is 2.32. The van der Waals surface area contributed by atoms with Crippen molar-refractivity contribution in [3.8, 4) is 11.4 Å². The molecule has 0 aliphatic heterocycles. The Morgan fingerprint density at radius 2 is 2.00 bits per heavy atom. The molecule has 1 aliphatic rings. The van der Waals surface area contributed by atoms with Crippen LogP contribution in [0.3, 0.4) is 0 Å². The zero-order valence-electron chi connectivity index (χ0n) is 12.1. The summed E-state index contributed by atoms with van der Waals surface area (Å²) in [5.41, 5.74) is 1.10. The molecule has 1 aromatic heterocycles. The fourth-order valence-corrected chi connectivity index (χ4v) is 3.13. The molecule has 2 aromatic rings. The molecule has 1 heterocycles. The minimum Gasteiger partial charge on any atom is -0.478 e. The van der Waals surface area contributed by atoms with E-state index >= 15 is 0 Å². The maximum Gasteiger partial charge on any atom is 0.335 e. The highest BCUT2D eigenvalue weighted by atomic mass is 16.4. The molecular formula is C16H19N3O2. The smallest absolute Gasteiger partial charge is 0.335 e. The Hall–Kier alpha value is -2.17. The highest BCUT2D eigenvalue weighted by molar-refractivity contribution is 5.89. The molecule has 1 fully saturated rings. The predicted molar refractivity (Wildman–Crippen MR) is 79.3 cm³/mol. The van der Waals surface area contributed by atoms with E-state index in [0.717, 1.165) is 30.1 Å². The van der Waals surface area contributed by atoms with E-state index < -0.39 is 5.97 Å². The summed E-state index contributed by atoms with van der Waals surface area (Å²) >= 11 is 0. The Morgan fingerprint density at radius 1 is 1.24 bits per heavy atom. The van der Waals surface area contributed by atoms with Crippen LogP contribution in [0, 0.1) is 6.92 Å². The monoisotopic (exact) mass is 285 g/mol. The molecule has 0 saturated heterocycles. The van der Waals surface area contributed by atoms with Crippen molar-refractivity contribution in [3.63, 3.8) is 0 Å². The summed E-state index contributed by atoms with van der Waals surface area (Å²) in [5.74, 6) is 0.762. The molecule has 0 unspecified atom stereocenters. The van der Waals surface area contributed by atoms with Crippen LogP contribution in [0.4, 0.5) is 0 Å². The number of rotatable bonds is 3. The van der Waals surface area contributed by atoms with Gasteiger partial charge in [0, 0.05) is 11.6 Å². The summed E-state index contributed by atoms with van der Waals surface area (Å²) in [6.07, 6.45) is 6.05. The van der Waals surface area contributed by atoms with E-state index in [4.69, 9.17) is 5.11 Å². The number of aryl methyl sites for hydroxylation is 1. The number of hydrogen-bond donors (Lipinski definition) is 1. The lowest BCUT2D eigenvalue weighted by atomic mass is 9.95. The van der Waals surface area contributed by atoms with Crippen LogP contribution in [-0.2, 0) is 0 Å². The van der Waals surface area contributed by atoms with Gasteiger partial charge in [0.05, 0.1) is 5.56 Å². The molecular weight excluding hydrogens is 266 g/mol. The average molecular weight is 285 g/mol. The first-order chi connectivity index (χ1) is 10.2. The lowest BCUT2D eigenvalue weighted by Crippen LogP contribution is -2.15. The standard InChI is InChI=1S/C16H19N3O2/c1-11-17-18-15(19(11)14-8-3-2-4-9-14)12-6-5-7-13(10-12)16(20)21/h5-7,10,14H,2-4,8-9H2,1H3,(H,20,21). The van der Waals surface area contributed by atoms with E-state index in [9.17, 15) is 4.79 Å². The summed E-state index contributed by atoms with van der Waals surface area (Å²) in [6, 6.07) is 7.35. The van der Waals surface area contributed by atoms with Gasteiger partial charge in [-0.2, -0.15) is 0 Å². The van der Waals surface area contributed by atoms with Gasteiger partial charge in [0.2, 0.25) is 0 Å². The van der Waals surface area contributed by atoms with Gasteiger partial charge in [-0.15, -0.1) is 10.2 Å². The van der Waals surface area contributed by atoms with Crippen LogP contribution in [0.15, 0.2) is 24.3 Å². The summed E-state index contributed by atoms with van der Waals surface area (Å²) in [5, 5.41) is 17.6. The number of benzene rings is 1. The summed E-state index contributed by atoms with van der Waals surface area (Å²) in [4.78, 5) is 11.1. The Balaban J connectivity index is 2.02. The summed E-state index contributed by atoms with van der Waals surface area (Å²) < 4.78 is 2.18. The van der Waals surface area contributed by atoms with Gasteiger partial charge in [0.25, 0.3) is 0 Å². The van der Waals surface area contributed by atoms with Crippen LogP contribution >= 0.6 is 0 Å². The van der Waals surface area contributed by atoms with E-state index in [2.05, 4.69) is 14.8 Å². The number of aromatic nitrogens is 3. The van der Waals surface area contributed by atoms with Crippen molar-refractivity contribution in [1.82, 2.24) is 14.8 Å². The second-order valence-electron chi connectivity index (χ2n) is 5.62. The van der Waals surface area contributed by atoms with Gasteiger partial charge >= 0.3 is 5.97 Å². The third-order valence-corrected chi connectivity index (χ3v) is 4.17. The van der Waals surface area contributed by atoms with Crippen molar-refractivity contribution in [2.75, 3.05) is 0 Å². The number of nitrogens with zero attached hydrogens (tertiary/aromatic N) is 3. The maximum atomic E-state index is 11.1. The van der Waals surface area contributed by atoms with E-state index in [0.29, 0.717) is 6.04 Å². The van der Waals surface area contributed by atoms with Crippen molar-refractivity contribution in [2.24, 2.45) is 0 Å². The first kappa shape index (κ1) is 13.8. The van der Waals surface area contributed by atoms with Crippen LogP contribution in [0.25, 0.3) is 11.4 Å². The number of aromatic carboxylic acids is 1. The van der Waals surface area contributed by atoms with Crippen molar-refractivity contribution in [1.29, 1.82) is 0 Å². The first-order valence-electron chi connectivity index (χ1n) is 7.42. The SMILES string of the molecule is Cc1nnc(-c2cccc(C(=O)O)c2)n1C1CCCCC1. The normalized spacial score (nSPS) is 16.0. The van der Waals surface area contributed by atoms with Crippen molar-refractivity contribution in [2.45, 2.75) is 45.1 Å². The Bertz CT molecular complexity index is 657. The third kappa shape index (κ3) is 2.68. The lowest BCUT2D eigenvalue weighted by molar-refractivity contribution is 0.0697. The Kier molecular flexibility index (Phi) is 3.73. The summed E-state index contributed by atoms with van der Waals surface area (Å²) in [6.45, 7) is 1.96. The van der Waals surface area contributed by atoms with Gasteiger partial charge in [0.1, 0.15) is 5.82 Å². The quantitative estimate of drug-likeness (QED) is 0.937. The van der Waals surface area contributed by atoms with Gasteiger partial charge in [0.15, 0.2) is 5.82 Å². The fourth-order valence-electron chi connectivity index (χ4n) is 3.13. The van der Waals surface area contributed by atoms with Crippen molar-refractivity contribution in [3.05, 3.63) is 35.7 Å². The first-order valence-corrected chi connectivity index (χ1v) is 7.42. The molecule has 1 saturated carbocycles. The van der Waals surface area contributed by atoms with Crippen LogP contribution < -0.4 is 0 Å². The molecule has 110 valence electrons. The molecule has 1 aromatic carbocycles. The largest absolute Gasteiger partial charge is 0.478 e. The molecule has 0 atom stereocenters. The topological polar surface area (TPSA) is 68.0 Å². The minimum absolute atomic E-state index is 0.281. The maximum absolute atomic E-state index is 11.1. The fraction of sp³-hybridized carbons (Fsp3) is 0.438. The molecule has 0 spiro atoms. The van der Waals surface area contributed by atoms with Crippen molar-refractivity contribution < 1.29 is 9.90 Å². The zero-order valence-corrected chi connectivity index (χ0v) is 12.1. The zero-order chi connectivity index (χ0) is 14.8. The van der Waals surface area contributed by atoms with Crippen LogP contribution in [-0.4, -0.2) is 25.8 Å². The summed E-state index contributed by atoms with van der Waals surface area (Å²) in [7, 11) is 0. The van der Waals surface area contributed by atoms with E-state index in [1.807, 2.05) is 13.0 Å². The number of carboxylic acid groups (broad SMARTS) is 1. The predicted octanol–water partition coefficient (Wildman–Crippen LogP) is 3.46.